The standard InChI is InChI=1S/2C24H25.3CH3.Ga.Sn/c2*1-15-10-17(3)23(18(4)11-15)21-8-7-9-22(14-21)24-19(5)12-16(2)13-20(24)6;;;;;/h2*7-13H,1-6H3;3*1H3;;. The summed E-state index contributed by atoms with van der Waals surface area (Å²) in [6.07, 6.45) is 0. The first kappa shape index (κ1) is 40.9. The molecule has 0 fully saturated rings. The molecule has 53 heavy (non-hydrogen) atoms. The second-order valence-corrected chi connectivity index (χ2v) is 24.6. The second-order valence-electron chi connectivity index (χ2n) is 15.8. The summed E-state index contributed by atoms with van der Waals surface area (Å²) in [5, 5.41) is 0. The van der Waals surface area contributed by atoms with E-state index in [-0.39, 0.29) is 0 Å². The fourth-order valence-electron chi connectivity index (χ4n) is 9.29. The minimum atomic E-state index is -2.82. The third-order valence-corrected chi connectivity index (χ3v) is 18.0. The molecule has 6 aromatic rings. The van der Waals surface area contributed by atoms with Gasteiger partial charge in [-0.25, -0.2) is 0 Å². The summed E-state index contributed by atoms with van der Waals surface area (Å²) in [7, 11) is 0. The predicted octanol–water partition coefficient (Wildman–Crippen LogP) is 13.1. The zero-order valence-electron chi connectivity index (χ0n) is 35.2. The summed E-state index contributed by atoms with van der Waals surface area (Å²) in [6, 6.07) is 33.3. The minimum absolute atomic E-state index is 0.312. The number of hydrogen-bond acceptors (Lipinski definition) is 0. The Morgan fingerprint density at radius 3 is 0.679 bits per heavy atom. The molecule has 0 unspecified atom stereocenters. The van der Waals surface area contributed by atoms with Crippen molar-refractivity contribution >= 4 is 44.3 Å². The van der Waals surface area contributed by atoms with E-state index < -0.39 is 19.8 Å². The first-order valence-electron chi connectivity index (χ1n) is 19.3. The molecule has 0 N–H and O–H groups in total. The van der Waals surface area contributed by atoms with Gasteiger partial charge in [0.25, 0.3) is 0 Å². The Labute approximate surface area is 337 Å². The van der Waals surface area contributed by atoms with Crippen LogP contribution in [0.4, 0.5) is 0 Å². The average molecular weight is 860 g/mol. The van der Waals surface area contributed by atoms with E-state index in [0.29, 0.717) is 17.4 Å². The van der Waals surface area contributed by atoms with Crippen molar-refractivity contribution < 1.29 is 0 Å². The van der Waals surface area contributed by atoms with Crippen LogP contribution in [0.15, 0.2) is 84.9 Å². The SMILES string of the molecule is Cc1cc(C)c(-c2cccc(-c3c(C)cc(C)cc3C)[c]2[Sn]([CH3])[c]2c(-c3c(C)cc(C)cc3C)cccc2-c2c(C)cc(C)cc2C)c(C)c1.[CH3][Ga][CH3]. The van der Waals surface area contributed by atoms with Crippen LogP contribution in [-0.2, 0) is 0 Å². The van der Waals surface area contributed by atoms with Crippen molar-refractivity contribution in [3.8, 4) is 44.5 Å². The van der Waals surface area contributed by atoms with E-state index in [1.165, 1.54) is 111 Å². The van der Waals surface area contributed by atoms with Crippen LogP contribution in [0.3, 0.4) is 0 Å². The van der Waals surface area contributed by atoms with E-state index in [2.05, 4.69) is 184 Å². The first-order chi connectivity index (χ1) is 25.1. The van der Waals surface area contributed by atoms with Crippen molar-refractivity contribution in [2.75, 3.05) is 0 Å². The fraction of sp³-hybridized carbons (Fsp3) is 0.294. The molecule has 0 nitrogen and oxygen atoms in total. The molecule has 0 spiro atoms. The molecule has 0 aliphatic carbocycles. The molecule has 0 bridgehead atoms. The summed E-state index contributed by atoms with van der Waals surface area (Å²) >= 11 is -2.51. The van der Waals surface area contributed by atoms with Gasteiger partial charge >= 0.3 is 340 Å². The van der Waals surface area contributed by atoms with E-state index in [1.807, 2.05) is 0 Å². The number of benzene rings is 6. The molecule has 0 amide bonds. The van der Waals surface area contributed by atoms with Crippen LogP contribution in [-0.4, -0.2) is 37.2 Å². The Hall–Kier alpha value is -3.24. The molecule has 6 aromatic carbocycles. The van der Waals surface area contributed by atoms with Gasteiger partial charge in [-0.1, -0.05) is 0 Å². The van der Waals surface area contributed by atoms with Crippen LogP contribution in [0.5, 0.6) is 0 Å². The Balaban J connectivity index is 0.00000175. The monoisotopic (exact) mass is 860 g/mol. The zero-order valence-corrected chi connectivity index (χ0v) is 40.4. The number of rotatable bonds is 6. The van der Waals surface area contributed by atoms with Gasteiger partial charge in [-0.15, -0.1) is 0 Å². The van der Waals surface area contributed by atoms with E-state index in [9.17, 15) is 0 Å². The molecule has 0 aliphatic heterocycles. The van der Waals surface area contributed by atoms with E-state index in [0.717, 1.165) is 0 Å². The fourth-order valence-corrected chi connectivity index (χ4v) is 17.0. The molecule has 2 heteroatoms. The molecule has 270 valence electrons. The van der Waals surface area contributed by atoms with Gasteiger partial charge in [0.2, 0.25) is 0 Å². The van der Waals surface area contributed by atoms with Crippen LogP contribution in [0.25, 0.3) is 44.5 Å². The molecule has 0 saturated heterocycles. The van der Waals surface area contributed by atoms with Gasteiger partial charge in [-0.3, -0.25) is 0 Å². The molecule has 0 heterocycles. The summed E-state index contributed by atoms with van der Waals surface area (Å²) in [6.45, 7) is 27.4. The van der Waals surface area contributed by atoms with Crippen molar-refractivity contribution in [1.82, 2.24) is 0 Å². The summed E-state index contributed by atoms with van der Waals surface area (Å²) < 4.78 is 3.19. The molecule has 6 rings (SSSR count). The van der Waals surface area contributed by atoms with Crippen molar-refractivity contribution in [2.45, 2.75) is 99.0 Å². The Kier molecular flexibility index (Phi) is 13.2. The topological polar surface area (TPSA) is 0 Å². The third-order valence-electron chi connectivity index (χ3n) is 10.7. The second kappa shape index (κ2) is 17.0. The van der Waals surface area contributed by atoms with Crippen molar-refractivity contribution in [3.05, 3.63) is 152 Å². The zero-order chi connectivity index (χ0) is 38.9. The van der Waals surface area contributed by atoms with Gasteiger partial charge in [0, 0.05) is 0 Å². The molecule has 0 atom stereocenters. The van der Waals surface area contributed by atoms with Gasteiger partial charge in [0.05, 0.1) is 0 Å². The van der Waals surface area contributed by atoms with Crippen LogP contribution >= 0.6 is 0 Å². The predicted molar refractivity (Wildman–Crippen MR) is 240 cm³/mol. The van der Waals surface area contributed by atoms with Gasteiger partial charge < -0.3 is 0 Å². The van der Waals surface area contributed by atoms with Crippen LogP contribution in [0.1, 0.15) is 66.8 Å². The Morgan fingerprint density at radius 1 is 0.340 bits per heavy atom. The maximum absolute atomic E-state index is 2.82. The molecular formula is C51H59GaSn. The maximum atomic E-state index is 2.67. The van der Waals surface area contributed by atoms with Crippen LogP contribution in [0, 0.1) is 83.1 Å². The van der Waals surface area contributed by atoms with Gasteiger partial charge in [0.1, 0.15) is 0 Å². The third kappa shape index (κ3) is 8.38. The molecule has 0 saturated carbocycles. The molecule has 0 aromatic heterocycles. The normalized spacial score (nSPS) is 11.1. The van der Waals surface area contributed by atoms with Gasteiger partial charge in [-0.05, 0) is 0 Å². The number of hydrogen-bond donors (Lipinski definition) is 0. The first-order valence-corrected chi connectivity index (χ1v) is 29.8. The molecular weight excluding hydrogens is 801 g/mol. The van der Waals surface area contributed by atoms with Crippen LogP contribution < -0.4 is 7.16 Å². The molecule has 0 aliphatic rings. The van der Waals surface area contributed by atoms with E-state index >= 15 is 0 Å². The van der Waals surface area contributed by atoms with Crippen molar-refractivity contribution in [2.24, 2.45) is 0 Å². The van der Waals surface area contributed by atoms with E-state index in [1.54, 1.807) is 7.16 Å². The van der Waals surface area contributed by atoms with Crippen molar-refractivity contribution in [3.63, 3.8) is 0 Å². The van der Waals surface area contributed by atoms with Gasteiger partial charge in [0.15, 0.2) is 0 Å². The van der Waals surface area contributed by atoms with E-state index in [4.69, 9.17) is 0 Å². The van der Waals surface area contributed by atoms with Gasteiger partial charge in [-0.2, -0.15) is 0 Å². The molecule has 2 radical (unpaired) electrons. The van der Waals surface area contributed by atoms with Crippen LogP contribution in [0.2, 0.25) is 15.9 Å². The van der Waals surface area contributed by atoms with Crippen molar-refractivity contribution in [1.29, 1.82) is 0 Å². The Morgan fingerprint density at radius 2 is 0.509 bits per heavy atom. The quantitative estimate of drug-likeness (QED) is 0.146. The number of aryl methyl sites for hydroxylation is 12. The average Bonchev–Trinajstić information content (AvgIpc) is 3.03. The summed E-state index contributed by atoms with van der Waals surface area (Å²) in [5.41, 5.74) is 32.0. The summed E-state index contributed by atoms with van der Waals surface area (Å²) in [5.74, 6) is 0. The Bertz CT molecular complexity index is 1920. The summed E-state index contributed by atoms with van der Waals surface area (Å²) in [4.78, 5) is 2.67.